The van der Waals surface area contributed by atoms with Gasteiger partial charge in [-0.1, -0.05) is 59.6 Å². The summed E-state index contributed by atoms with van der Waals surface area (Å²) in [7, 11) is 0. The number of hydrogen-bond donors (Lipinski definition) is 2. The molecule has 1 fully saturated rings. The number of nitrogens with one attached hydrogen (secondary N) is 2. The van der Waals surface area contributed by atoms with Gasteiger partial charge in [-0.2, -0.15) is 18.3 Å². The number of benzene rings is 3. The van der Waals surface area contributed by atoms with E-state index in [1.165, 1.54) is 11.1 Å². The molecule has 0 spiro atoms. The fourth-order valence-corrected chi connectivity index (χ4v) is 5.29. The van der Waals surface area contributed by atoms with Crippen LogP contribution in [-0.4, -0.2) is 42.0 Å². The first-order valence-electron chi connectivity index (χ1n) is 12.9. The number of hydrogen-bond acceptors (Lipinski definition) is 3. The Morgan fingerprint density at radius 3 is 2.12 bits per heavy atom. The summed E-state index contributed by atoms with van der Waals surface area (Å²) < 4.78 is 45.2. The maximum Gasteiger partial charge on any atom is 0.430 e. The predicted molar refractivity (Wildman–Crippen MR) is 147 cm³/mol. The van der Waals surface area contributed by atoms with Crippen molar-refractivity contribution < 1.29 is 32.4 Å². The van der Waals surface area contributed by atoms with Crippen molar-refractivity contribution in [3.05, 3.63) is 112 Å². The minimum Gasteiger partial charge on any atom is -0.542 e. The van der Waals surface area contributed by atoms with E-state index in [2.05, 4.69) is 28.4 Å². The Kier molecular flexibility index (Phi) is 10.1. The molecule has 216 valence electrons. The van der Waals surface area contributed by atoms with Crippen LogP contribution in [0.25, 0.3) is 11.3 Å². The van der Waals surface area contributed by atoms with Crippen molar-refractivity contribution in [3.63, 3.8) is 0 Å². The Labute approximate surface area is 244 Å². The van der Waals surface area contributed by atoms with Gasteiger partial charge >= 0.3 is 6.18 Å². The van der Waals surface area contributed by atoms with E-state index < -0.39 is 12.1 Å². The van der Waals surface area contributed by atoms with Crippen LogP contribution in [0.2, 0.25) is 10.0 Å². The number of carbonyl (C=O) groups excluding carboxylic acids is 1. The number of carbonyl (C=O) groups is 1. The predicted octanol–water partition coefficient (Wildman–Crippen LogP) is 5.22. The highest BCUT2D eigenvalue weighted by atomic mass is 35.5. The maximum absolute atomic E-state index is 13.7. The molecule has 1 aliphatic rings. The van der Waals surface area contributed by atoms with E-state index in [4.69, 9.17) is 33.1 Å². The number of aromatic amines is 1. The molecule has 5 nitrogen and oxygen atoms in total. The molecule has 0 radical (unpaired) electrons. The monoisotopic (exact) mass is 607 g/mol. The lowest BCUT2D eigenvalue weighted by molar-refractivity contribution is -0.906. The highest BCUT2D eigenvalue weighted by Crippen LogP contribution is 2.37. The second-order valence-corrected chi connectivity index (χ2v) is 10.8. The van der Waals surface area contributed by atoms with Gasteiger partial charge in [-0.15, -0.1) is 0 Å². The van der Waals surface area contributed by atoms with E-state index in [-0.39, 0.29) is 11.7 Å². The normalized spacial score (nSPS) is 18.8. The zero-order chi connectivity index (χ0) is 29.6. The Bertz CT molecular complexity index is 1430. The average Bonchev–Trinajstić information content (AvgIpc) is 3.43. The van der Waals surface area contributed by atoms with Crippen LogP contribution in [0.4, 0.5) is 17.6 Å². The second kappa shape index (κ2) is 13.5. The van der Waals surface area contributed by atoms with E-state index in [1.54, 1.807) is 17.0 Å². The summed E-state index contributed by atoms with van der Waals surface area (Å²) in [5.41, 5.74) is 5.57. The SMILES string of the molecule is Fc1ccc([C@@H]2C[NH+](CCc3ccc(Cl)cc3)CC[C@H]2c2cc(-c3ccc(Cl)cc3)n[nH]2)cc1.O=C([O-])C(F)(F)F. The van der Waals surface area contributed by atoms with Crippen LogP contribution in [-0.2, 0) is 11.2 Å². The van der Waals surface area contributed by atoms with Crippen molar-refractivity contribution in [3.8, 4) is 11.3 Å². The third-order valence-electron chi connectivity index (χ3n) is 7.15. The van der Waals surface area contributed by atoms with Crippen LogP contribution < -0.4 is 10.0 Å². The molecular weight excluding hydrogens is 581 g/mol. The molecule has 3 aromatic carbocycles. The van der Waals surface area contributed by atoms with Gasteiger partial charge in [0.2, 0.25) is 0 Å². The molecule has 2 N–H and O–H groups in total. The summed E-state index contributed by atoms with van der Waals surface area (Å²) in [6, 6.07) is 25.0. The Morgan fingerprint density at radius 2 is 1.54 bits per heavy atom. The summed E-state index contributed by atoms with van der Waals surface area (Å²) in [6.45, 7) is 3.15. The molecule has 1 aromatic heterocycles. The van der Waals surface area contributed by atoms with Gasteiger partial charge in [0, 0.05) is 46.0 Å². The minimum absolute atomic E-state index is 0.199. The summed E-state index contributed by atoms with van der Waals surface area (Å²) >= 11 is 12.1. The number of carboxylic acids is 1. The Morgan fingerprint density at radius 1 is 0.951 bits per heavy atom. The van der Waals surface area contributed by atoms with Crippen molar-refractivity contribution >= 4 is 29.2 Å². The topological polar surface area (TPSA) is 73.2 Å². The van der Waals surface area contributed by atoms with Crippen LogP contribution in [0.1, 0.15) is 35.1 Å². The van der Waals surface area contributed by atoms with Crippen LogP contribution >= 0.6 is 23.2 Å². The molecule has 0 bridgehead atoms. The summed E-state index contributed by atoms with van der Waals surface area (Å²) in [6.07, 6.45) is -3.14. The first-order valence-corrected chi connectivity index (χ1v) is 13.7. The van der Waals surface area contributed by atoms with Gasteiger partial charge in [0.05, 0.1) is 25.3 Å². The van der Waals surface area contributed by atoms with Gasteiger partial charge in [0.1, 0.15) is 11.8 Å². The van der Waals surface area contributed by atoms with Crippen LogP contribution in [0.3, 0.4) is 0 Å². The van der Waals surface area contributed by atoms with Crippen LogP contribution in [0.5, 0.6) is 0 Å². The molecule has 0 saturated carbocycles. The lowest BCUT2D eigenvalue weighted by Gasteiger charge is -2.36. The summed E-state index contributed by atoms with van der Waals surface area (Å²) in [5, 5.41) is 18.2. The molecule has 5 rings (SSSR count). The van der Waals surface area contributed by atoms with Crippen LogP contribution in [0.15, 0.2) is 78.9 Å². The average molecular weight is 608 g/mol. The van der Waals surface area contributed by atoms with Gasteiger partial charge in [0.25, 0.3) is 0 Å². The minimum atomic E-state index is -5.19. The van der Waals surface area contributed by atoms with E-state index in [0.29, 0.717) is 10.9 Å². The summed E-state index contributed by atoms with van der Waals surface area (Å²) in [5.74, 6) is -2.62. The fourth-order valence-electron chi connectivity index (χ4n) is 5.04. The van der Waals surface area contributed by atoms with Gasteiger partial charge in [-0.25, -0.2) is 4.39 Å². The smallest absolute Gasteiger partial charge is 0.430 e. The van der Waals surface area contributed by atoms with Crippen LogP contribution in [0, 0.1) is 5.82 Å². The van der Waals surface area contributed by atoms with Gasteiger partial charge in [-0.05, 0) is 53.6 Å². The molecular formula is C30H27Cl2F4N3O2. The molecule has 1 aliphatic heterocycles. The van der Waals surface area contributed by atoms with E-state index in [1.807, 2.05) is 48.5 Å². The van der Waals surface area contributed by atoms with Gasteiger partial charge in [0.15, 0.2) is 0 Å². The number of alkyl halides is 3. The first kappa shape index (κ1) is 30.6. The Balaban J connectivity index is 0.000000493. The van der Waals surface area contributed by atoms with Gasteiger partial charge in [-0.3, -0.25) is 5.10 Å². The number of aliphatic carboxylic acids is 1. The van der Waals surface area contributed by atoms with Crippen molar-refractivity contribution in [2.45, 2.75) is 30.9 Å². The van der Waals surface area contributed by atoms with E-state index in [9.17, 15) is 17.6 Å². The van der Waals surface area contributed by atoms with Gasteiger partial charge < -0.3 is 14.8 Å². The lowest BCUT2D eigenvalue weighted by Crippen LogP contribution is -3.13. The number of piperidine rings is 1. The largest absolute Gasteiger partial charge is 0.542 e. The quantitative estimate of drug-likeness (QED) is 0.295. The zero-order valence-corrected chi connectivity index (χ0v) is 23.2. The van der Waals surface area contributed by atoms with E-state index >= 15 is 0 Å². The molecule has 11 heteroatoms. The fraction of sp³-hybridized carbons (Fsp3) is 0.267. The molecule has 1 unspecified atom stereocenters. The molecule has 41 heavy (non-hydrogen) atoms. The van der Waals surface area contributed by atoms with Crippen molar-refractivity contribution in [2.24, 2.45) is 0 Å². The number of nitrogens with zero attached hydrogens (tertiary/aromatic N) is 1. The molecule has 0 aliphatic carbocycles. The number of carboxylic acid groups (broad SMARTS) is 1. The number of halogens is 6. The highest BCUT2D eigenvalue weighted by Gasteiger charge is 2.35. The third-order valence-corrected chi connectivity index (χ3v) is 7.65. The second-order valence-electron chi connectivity index (χ2n) is 9.88. The number of rotatable bonds is 6. The molecule has 3 atom stereocenters. The van der Waals surface area contributed by atoms with Crippen molar-refractivity contribution in [1.29, 1.82) is 0 Å². The van der Waals surface area contributed by atoms with Crippen molar-refractivity contribution in [1.82, 2.24) is 10.2 Å². The molecule has 2 heterocycles. The number of likely N-dealkylation sites (tertiary alicyclic amines) is 1. The van der Waals surface area contributed by atoms with Crippen molar-refractivity contribution in [2.75, 3.05) is 19.6 Å². The Hall–Kier alpha value is -3.40. The molecule has 4 aromatic rings. The number of H-pyrrole nitrogens is 1. The summed E-state index contributed by atoms with van der Waals surface area (Å²) in [4.78, 5) is 10.4. The third kappa shape index (κ3) is 8.55. The number of aromatic nitrogens is 2. The first-order chi connectivity index (χ1) is 19.5. The molecule has 0 amide bonds. The standard InChI is InChI=1S/C28H26Cl2FN3.C2HF3O2/c29-22-7-1-19(2-8-22)13-15-34-16-14-25(26(18-34)20-5-11-24(31)12-6-20)28-17-27(32-33-28)21-3-9-23(30)10-4-21;3-2(4,5)1(6)7/h1-12,17,25-26H,13-16,18H2,(H,32,33);(H,6,7)/t25-,26+;/m1./s1. The van der Waals surface area contributed by atoms with E-state index in [0.717, 1.165) is 54.4 Å². The highest BCUT2D eigenvalue weighted by molar-refractivity contribution is 6.30. The maximum atomic E-state index is 13.7. The number of quaternary nitrogens is 1. The zero-order valence-electron chi connectivity index (χ0n) is 21.7. The lowest BCUT2D eigenvalue weighted by atomic mass is 9.78. The molecule has 1 saturated heterocycles.